The molecule has 5 nitrogen and oxygen atoms in total. The molecular weight excluding hydrogens is 366 g/mol. The fraction of sp³-hybridized carbons (Fsp3) is 0.417. The van der Waals surface area contributed by atoms with E-state index >= 15 is 0 Å². The van der Waals surface area contributed by atoms with Gasteiger partial charge in [0, 0.05) is 12.6 Å². The van der Waals surface area contributed by atoms with Crippen molar-refractivity contribution in [1.29, 1.82) is 0 Å². The Morgan fingerprint density at radius 3 is 2.24 bits per heavy atom. The van der Waals surface area contributed by atoms with Crippen molar-refractivity contribution >= 4 is 11.9 Å². The molecule has 0 spiro atoms. The van der Waals surface area contributed by atoms with E-state index in [4.69, 9.17) is 4.74 Å². The molecule has 0 aromatic heterocycles. The van der Waals surface area contributed by atoms with Gasteiger partial charge in [0.25, 0.3) is 0 Å². The van der Waals surface area contributed by atoms with Crippen LogP contribution in [0.3, 0.4) is 0 Å². The van der Waals surface area contributed by atoms with Crippen molar-refractivity contribution in [3.8, 4) is 11.1 Å². The average molecular weight is 395 g/mol. The average Bonchev–Trinajstić information content (AvgIpc) is 3.52. The van der Waals surface area contributed by atoms with Crippen molar-refractivity contribution in [1.82, 2.24) is 4.90 Å². The first kappa shape index (κ1) is 21.1. The van der Waals surface area contributed by atoms with Crippen LogP contribution < -0.4 is 0 Å². The molecule has 0 saturated heterocycles. The van der Waals surface area contributed by atoms with Crippen LogP contribution in [0.4, 0.5) is 0 Å². The molecule has 2 aromatic carbocycles. The second-order valence-corrected chi connectivity index (χ2v) is 8.15. The molecule has 0 heterocycles. The van der Waals surface area contributed by atoms with Gasteiger partial charge in [0.1, 0.15) is 0 Å². The molecule has 2 aromatic rings. The summed E-state index contributed by atoms with van der Waals surface area (Å²) >= 11 is 0. The van der Waals surface area contributed by atoms with Gasteiger partial charge in [-0.05, 0) is 75.0 Å². The molecule has 1 N–H and O–H groups in total. The minimum Gasteiger partial charge on any atom is -0.481 e. The van der Waals surface area contributed by atoms with E-state index in [0.717, 1.165) is 22.3 Å². The third-order valence-corrected chi connectivity index (χ3v) is 5.37. The van der Waals surface area contributed by atoms with E-state index in [9.17, 15) is 14.7 Å². The highest BCUT2D eigenvalue weighted by Gasteiger charge is 2.27. The molecule has 1 aliphatic rings. The normalized spacial score (nSPS) is 14.8. The van der Waals surface area contributed by atoms with Crippen molar-refractivity contribution in [3.05, 3.63) is 59.2 Å². The molecule has 0 bridgehead atoms. The van der Waals surface area contributed by atoms with E-state index in [2.05, 4.69) is 11.9 Å². The van der Waals surface area contributed by atoms with Gasteiger partial charge in [-0.15, -0.1) is 0 Å². The lowest BCUT2D eigenvalue weighted by Crippen LogP contribution is -2.22. The lowest BCUT2D eigenvalue weighted by molar-refractivity contribution is -0.138. The van der Waals surface area contributed by atoms with E-state index in [0.29, 0.717) is 18.2 Å². The molecule has 1 atom stereocenters. The van der Waals surface area contributed by atoms with Gasteiger partial charge in [0.2, 0.25) is 0 Å². The highest BCUT2D eigenvalue weighted by Crippen LogP contribution is 2.30. The number of hydrogen-bond donors (Lipinski definition) is 1. The summed E-state index contributed by atoms with van der Waals surface area (Å²) in [5.41, 5.74) is 4.31. The van der Waals surface area contributed by atoms with Crippen molar-refractivity contribution in [3.63, 3.8) is 0 Å². The van der Waals surface area contributed by atoms with Gasteiger partial charge < -0.3 is 9.84 Å². The largest absolute Gasteiger partial charge is 0.481 e. The molecule has 29 heavy (non-hydrogen) atoms. The Balaban J connectivity index is 1.91. The zero-order valence-corrected chi connectivity index (χ0v) is 17.5. The highest BCUT2D eigenvalue weighted by atomic mass is 16.5. The van der Waals surface area contributed by atoms with Gasteiger partial charge in [0.05, 0.1) is 17.6 Å². The van der Waals surface area contributed by atoms with Crippen LogP contribution in [0.5, 0.6) is 0 Å². The minimum atomic E-state index is -0.837. The van der Waals surface area contributed by atoms with E-state index in [1.165, 1.54) is 12.8 Å². The summed E-state index contributed by atoms with van der Waals surface area (Å²) in [7, 11) is 2.09. The van der Waals surface area contributed by atoms with Crippen LogP contribution in [0, 0.1) is 0 Å². The van der Waals surface area contributed by atoms with Crippen LogP contribution in [0.25, 0.3) is 11.1 Å². The summed E-state index contributed by atoms with van der Waals surface area (Å²) in [4.78, 5) is 26.0. The number of esters is 1. The number of carbonyl (C=O) groups is 2. The van der Waals surface area contributed by atoms with Gasteiger partial charge in [-0.25, -0.2) is 4.79 Å². The maximum absolute atomic E-state index is 12.6. The van der Waals surface area contributed by atoms with Gasteiger partial charge in [-0.3, -0.25) is 9.69 Å². The monoisotopic (exact) mass is 395 g/mol. The predicted octanol–water partition coefficient (Wildman–Crippen LogP) is 4.70. The molecule has 0 aliphatic heterocycles. The molecular formula is C24H29NO4. The quantitative estimate of drug-likeness (QED) is 0.656. The molecule has 1 unspecified atom stereocenters. The van der Waals surface area contributed by atoms with Gasteiger partial charge in [-0.1, -0.05) is 30.3 Å². The van der Waals surface area contributed by atoms with E-state index in [1.54, 1.807) is 6.92 Å². The number of hydrogen-bond acceptors (Lipinski definition) is 4. The molecule has 1 saturated carbocycles. The van der Waals surface area contributed by atoms with Gasteiger partial charge >= 0.3 is 11.9 Å². The maximum Gasteiger partial charge on any atom is 0.338 e. The topological polar surface area (TPSA) is 66.8 Å². The Kier molecular flexibility index (Phi) is 6.38. The lowest BCUT2D eigenvalue weighted by Gasteiger charge is -2.19. The standard InChI is InChI=1S/C24H29NO4/c1-15(2)29-24(28)22-12-9-19(13-20(22)14-25(4)21-10-11-21)18-7-5-17(6-8-18)16(3)23(26)27/h5-9,12-13,15-16,21H,10-11,14H2,1-4H3,(H,26,27). The predicted molar refractivity (Wildman–Crippen MR) is 113 cm³/mol. The molecule has 3 rings (SSSR count). The van der Waals surface area contributed by atoms with Crippen LogP contribution in [-0.4, -0.2) is 41.1 Å². The Labute approximate surface area is 172 Å². The van der Waals surface area contributed by atoms with E-state index in [1.807, 2.05) is 56.3 Å². The Morgan fingerprint density at radius 1 is 1.07 bits per heavy atom. The minimum absolute atomic E-state index is 0.167. The van der Waals surface area contributed by atoms with Crippen molar-refractivity contribution in [2.45, 2.75) is 58.2 Å². The van der Waals surface area contributed by atoms with Crippen molar-refractivity contribution in [2.75, 3.05) is 7.05 Å². The smallest absolute Gasteiger partial charge is 0.338 e. The number of benzene rings is 2. The fourth-order valence-corrected chi connectivity index (χ4v) is 3.40. The maximum atomic E-state index is 12.6. The van der Waals surface area contributed by atoms with Crippen LogP contribution in [0.15, 0.2) is 42.5 Å². The zero-order valence-electron chi connectivity index (χ0n) is 17.5. The molecule has 1 fully saturated rings. The molecule has 154 valence electrons. The Bertz CT molecular complexity index is 884. The third kappa shape index (κ3) is 5.24. The Hall–Kier alpha value is -2.66. The van der Waals surface area contributed by atoms with E-state index in [-0.39, 0.29) is 12.1 Å². The summed E-state index contributed by atoms with van der Waals surface area (Å²) in [6.45, 7) is 6.07. The summed E-state index contributed by atoms with van der Waals surface area (Å²) in [5.74, 6) is -1.67. The summed E-state index contributed by atoms with van der Waals surface area (Å²) in [5, 5.41) is 9.19. The van der Waals surface area contributed by atoms with Crippen LogP contribution in [-0.2, 0) is 16.1 Å². The van der Waals surface area contributed by atoms with Crippen LogP contribution in [0.1, 0.15) is 61.0 Å². The van der Waals surface area contributed by atoms with E-state index < -0.39 is 11.9 Å². The third-order valence-electron chi connectivity index (χ3n) is 5.37. The lowest BCUT2D eigenvalue weighted by atomic mass is 9.95. The molecule has 0 amide bonds. The number of rotatable bonds is 8. The van der Waals surface area contributed by atoms with Gasteiger partial charge in [0.15, 0.2) is 0 Å². The fourth-order valence-electron chi connectivity index (χ4n) is 3.40. The first-order valence-electron chi connectivity index (χ1n) is 10.1. The number of carboxylic acid groups (broad SMARTS) is 1. The summed E-state index contributed by atoms with van der Waals surface area (Å²) < 4.78 is 5.43. The first-order chi connectivity index (χ1) is 13.8. The van der Waals surface area contributed by atoms with Crippen LogP contribution in [0.2, 0.25) is 0 Å². The highest BCUT2D eigenvalue weighted by molar-refractivity contribution is 5.92. The number of ether oxygens (including phenoxy) is 1. The Morgan fingerprint density at radius 2 is 1.69 bits per heavy atom. The van der Waals surface area contributed by atoms with Crippen molar-refractivity contribution in [2.24, 2.45) is 0 Å². The zero-order chi connectivity index (χ0) is 21.1. The van der Waals surface area contributed by atoms with Gasteiger partial charge in [-0.2, -0.15) is 0 Å². The molecule has 0 radical (unpaired) electrons. The number of carboxylic acids is 1. The molecule has 5 heteroatoms. The summed E-state index contributed by atoms with van der Waals surface area (Å²) in [6.07, 6.45) is 2.23. The van der Waals surface area contributed by atoms with Crippen molar-refractivity contribution < 1.29 is 19.4 Å². The summed E-state index contributed by atoms with van der Waals surface area (Å²) in [6, 6.07) is 14.0. The second kappa shape index (κ2) is 8.78. The SMILES string of the molecule is CC(C)OC(=O)c1ccc(-c2ccc(C(C)C(=O)O)cc2)cc1CN(C)C1CC1. The number of aliphatic carboxylic acids is 1. The van der Waals surface area contributed by atoms with Crippen LogP contribution >= 0.6 is 0 Å². The first-order valence-corrected chi connectivity index (χ1v) is 10.1. The second-order valence-electron chi connectivity index (χ2n) is 8.15. The number of carbonyl (C=O) groups excluding carboxylic acids is 1. The number of nitrogens with zero attached hydrogens (tertiary/aromatic N) is 1. The molecule has 1 aliphatic carbocycles.